The molecule has 0 amide bonds. The van der Waals surface area contributed by atoms with Crippen LogP contribution < -0.4 is 5.73 Å². The van der Waals surface area contributed by atoms with E-state index >= 15 is 0 Å². The smallest absolute Gasteiger partial charge is 0.00613 e. The van der Waals surface area contributed by atoms with Gasteiger partial charge in [-0.05, 0) is 48.2 Å². The van der Waals surface area contributed by atoms with Gasteiger partial charge in [-0.3, -0.25) is 0 Å². The van der Waals surface area contributed by atoms with Crippen LogP contribution in [-0.2, 0) is 6.42 Å². The lowest BCUT2D eigenvalue weighted by Gasteiger charge is -1.97. The Bertz CT molecular complexity index is 182. The third kappa shape index (κ3) is 3.88. The molecular formula is C10H17NS. The highest BCUT2D eigenvalue weighted by Gasteiger charge is 1.92. The van der Waals surface area contributed by atoms with Gasteiger partial charge in [0.15, 0.2) is 0 Å². The van der Waals surface area contributed by atoms with Crippen molar-refractivity contribution >= 4 is 11.3 Å². The van der Waals surface area contributed by atoms with Gasteiger partial charge in [0.1, 0.15) is 0 Å². The van der Waals surface area contributed by atoms with E-state index in [9.17, 15) is 0 Å². The highest BCUT2D eigenvalue weighted by molar-refractivity contribution is 7.07. The predicted molar refractivity (Wildman–Crippen MR) is 55.5 cm³/mol. The molecule has 12 heavy (non-hydrogen) atoms. The number of hydrogen-bond acceptors (Lipinski definition) is 2. The summed E-state index contributed by atoms with van der Waals surface area (Å²) in [7, 11) is 0. The summed E-state index contributed by atoms with van der Waals surface area (Å²) in [5, 5.41) is 4.39. The van der Waals surface area contributed by atoms with Gasteiger partial charge in [-0.25, -0.2) is 0 Å². The van der Waals surface area contributed by atoms with Crippen molar-refractivity contribution < 1.29 is 0 Å². The lowest BCUT2D eigenvalue weighted by Crippen LogP contribution is -1.97. The van der Waals surface area contributed by atoms with Gasteiger partial charge in [-0.15, -0.1) is 0 Å². The molecule has 0 unspecified atom stereocenters. The summed E-state index contributed by atoms with van der Waals surface area (Å²) in [6, 6.07) is 2.22. The molecule has 0 atom stereocenters. The number of hydrogen-bond donors (Lipinski definition) is 1. The number of unbranched alkanes of at least 4 members (excludes halogenated alkanes) is 3. The molecule has 1 heterocycles. The first-order valence-corrected chi connectivity index (χ1v) is 5.59. The van der Waals surface area contributed by atoms with Gasteiger partial charge in [-0.1, -0.05) is 12.8 Å². The lowest BCUT2D eigenvalue weighted by molar-refractivity contribution is 0.647. The van der Waals surface area contributed by atoms with Crippen LogP contribution in [0.25, 0.3) is 0 Å². The monoisotopic (exact) mass is 183 g/mol. The van der Waals surface area contributed by atoms with Crippen LogP contribution in [0.3, 0.4) is 0 Å². The summed E-state index contributed by atoms with van der Waals surface area (Å²) in [5.41, 5.74) is 6.90. The molecule has 1 aromatic heterocycles. The lowest BCUT2D eigenvalue weighted by atomic mass is 10.1. The molecule has 0 spiro atoms. The Kier molecular flexibility index (Phi) is 5.04. The molecule has 0 aliphatic heterocycles. The number of nitrogens with two attached hydrogens (primary N) is 1. The van der Waals surface area contributed by atoms with E-state index in [0.717, 1.165) is 6.54 Å². The van der Waals surface area contributed by atoms with Crippen LogP contribution in [0.4, 0.5) is 0 Å². The highest BCUT2D eigenvalue weighted by Crippen LogP contribution is 2.10. The zero-order valence-electron chi connectivity index (χ0n) is 7.46. The molecule has 0 saturated heterocycles. The van der Waals surface area contributed by atoms with Crippen molar-refractivity contribution in [3.05, 3.63) is 22.4 Å². The van der Waals surface area contributed by atoms with Gasteiger partial charge >= 0.3 is 0 Å². The Morgan fingerprint density at radius 1 is 1.17 bits per heavy atom. The molecule has 0 aliphatic rings. The second-order valence-corrected chi connectivity index (χ2v) is 3.86. The Morgan fingerprint density at radius 3 is 2.67 bits per heavy atom. The molecule has 1 aromatic rings. The van der Waals surface area contributed by atoms with Crippen LogP contribution in [-0.4, -0.2) is 6.54 Å². The number of aryl methyl sites for hydroxylation is 1. The second kappa shape index (κ2) is 6.21. The van der Waals surface area contributed by atoms with Crippen molar-refractivity contribution in [3.63, 3.8) is 0 Å². The summed E-state index contributed by atoms with van der Waals surface area (Å²) in [4.78, 5) is 0. The average Bonchev–Trinajstić information content (AvgIpc) is 2.57. The molecule has 0 saturated carbocycles. The molecule has 0 fully saturated rings. The molecule has 0 aliphatic carbocycles. The van der Waals surface area contributed by atoms with Gasteiger partial charge in [0.05, 0.1) is 0 Å². The van der Waals surface area contributed by atoms with Gasteiger partial charge in [0.25, 0.3) is 0 Å². The Balaban J connectivity index is 1.96. The fourth-order valence-corrected chi connectivity index (χ4v) is 1.97. The molecule has 1 rings (SSSR count). The van der Waals surface area contributed by atoms with E-state index in [-0.39, 0.29) is 0 Å². The molecule has 0 radical (unpaired) electrons. The summed E-state index contributed by atoms with van der Waals surface area (Å²) in [6.45, 7) is 0.846. The largest absolute Gasteiger partial charge is 0.330 e. The van der Waals surface area contributed by atoms with Crippen LogP contribution >= 0.6 is 11.3 Å². The van der Waals surface area contributed by atoms with E-state index in [4.69, 9.17) is 5.73 Å². The van der Waals surface area contributed by atoms with Crippen molar-refractivity contribution in [2.75, 3.05) is 6.54 Å². The van der Waals surface area contributed by atoms with E-state index in [2.05, 4.69) is 16.8 Å². The van der Waals surface area contributed by atoms with Crippen LogP contribution in [0.5, 0.6) is 0 Å². The predicted octanol–water partition coefficient (Wildman–Crippen LogP) is 2.81. The van der Waals surface area contributed by atoms with Crippen molar-refractivity contribution in [3.8, 4) is 0 Å². The Morgan fingerprint density at radius 2 is 2.00 bits per heavy atom. The van der Waals surface area contributed by atoms with Crippen LogP contribution in [0.1, 0.15) is 31.2 Å². The molecule has 68 valence electrons. The molecule has 1 nitrogen and oxygen atoms in total. The van der Waals surface area contributed by atoms with Gasteiger partial charge in [0.2, 0.25) is 0 Å². The SMILES string of the molecule is NCCCCCCc1ccsc1. The number of thiophene rings is 1. The minimum Gasteiger partial charge on any atom is -0.330 e. The maximum absolute atomic E-state index is 5.41. The van der Waals surface area contributed by atoms with Crippen LogP contribution in [0.2, 0.25) is 0 Å². The minimum absolute atomic E-state index is 0.846. The summed E-state index contributed by atoms with van der Waals surface area (Å²) in [6.07, 6.45) is 6.36. The van der Waals surface area contributed by atoms with E-state index in [0.29, 0.717) is 0 Å². The number of rotatable bonds is 6. The quantitative estimate of drug-likeness (QED) is 0.674. The standard InChI is InChI=1S/C10H17NS/c11-7-4-2-1-3-5-10-6-8-12-9-10/h6,8-9H,1-5,7,11H2. The molecule has 2 heteroatoms. The summed E-state index contributed by atoms with van der Waals surface area (Å²) < 4.78 is 0. The zero-order chi connectivity index (χ0) is 8.65. The first-order chi connectivity index (χ1) is 5.93. The van der Waals surface area contributed by atoms with E-state index in [1.165, 1.54) is 37.7 Å². The topological polar surface area (TPSA) is 26.0 Å². The minimum atomic E-state index is 0.846. The van der Waals surface area contributed by atoms with Gasteiger partial charge in [-0.2, -0.15) is 11.3 Å². The van der Waals surface area contributed by atoms with E-state index < -0.39 is 0 Å². The van der Waals surface area contributed by atoms with E-state index in [1.807, 2.05) is 0 Å². The van der Waals surface area contributed by atoms with Crippen molar-refractivity contribution in [2.24, 2.45) is 5.73 Å². The average molecular weight is 183 g/mol. The second-order valence-electron chi connectivity index (χ2n) is 3.08. The molecular weight excluding hydrogens is 166 g/mol. The van der Waals surface area contributed by atoms with Crippen LogP contribution in [0.15, 0.2) is 16.8 Å². The Hall–Kier alpha value is -0.340. The normalized spacial score (nSPS) is 10.4. The summed E-state index contributed by atoms with van der Waals surface area (Å²) >= 11 is 1.79. The highest BCUT2D eigenvalue weighted by atomic mass is 32.1. The van der Waals surface area contributed by atoms with E-state index in [1.54, 1.807) is 11.3 Å². The molecule has 2 N–H and O–H groups in total. The fraction of sp³-hybridized carbons (Fsp3) is 0.600. The molecule has 0 bridgehead atoms. The first-order valence-electron chi connectivity index (χ1n) is 4.64. The maximum Gasteiger partial charge on any atom is -0.00613 e. The van der Waals surface area contributed by atoms with Crippen molar-refractivity contribution in [1.82, 2.24) is 0 Å². The van der Waals surface area contributed by atoms with Gasteiger partial charge < -0.3 is 5.73 Å². The maximum atomic E-state index is 5.41. The van der Waals surface area contributed by atoms with Gasteiger partial charge in [0, 0.05) is 0 Å². The fourth-order valence-electron chi connectivity index (χ4n) is 1.26. The Labute approximate surface area is 78.6 Å². The van der Waals surface area contributed by atoms with Crippen LogP contribution in [0, 0.1) is 0 Å². The van der Waals surface area contributed by atoms with Crippen molar-refractivity contribution in [2.45, 2.75) is 32.1 Å². The zero-order valence-corrected chi connectivity index (χ0v) is 8.28. The first kappa shape index (κ1) is 9.75. The molecule has 0 aromatic carbocycles. The van der Waals surface area contributed by atoms with Crippen molar-refractivity contribution in [1.29, 1.82) is 0 Å². The third-order valence-electron chi connectivity index (χ3n) is 2.00. The third-order valence-corrected chi connectivity index (χ3v) is 2.73. The summed E-state index contributed by atoms with van der Waals surface area (Å²) in [5.74, 6) is 0.